The van der Waals surface area contributed by atoms with E-state index in [4.69, 9.17) is 16.7 Å². The van der Waals surface area contributed by atoms with Crippen molar-refractivity contribution in [3.8, 4) is 5.75 Å². The molecule has 0 aromatic heterocycles. The van der Waals surface area contributed by atoms with Gasteiger partial charge in [-0.05, 0) is 52.9 Å². The van der Waals surface area contributed by atoms with Crippen molar-refractivity contribution in [2.24, 2.45) is 0 Å². The Kier molecular flexibility index (Phi) is 4.69. The van der Waals surface area contributed by atoms with Gasteiger partial charge < -0.3 is 15.5 Å². The summed E-state index contributed by atoms with van der Waals surface area (Å²) in [7, 11) is 0. The zero-order chi connectivity index (χ0) is 15.6. The fourth-order valence-electron chi connectivity index (χ4n) is 1.68. The third-order valence-electron chi connectivity index (χ3n) is 2.69. The highest BCUT2D eigenvalue weighted by Gasteiger charge is 2.16. The third-order valence-corrected chi connectivity index (χ3v) is 3.86. The number of benzene rings is 2. The van der Waals surface area contributed by atoms with Gasteiger partial charge in [-0.25, -0.2) is 4.79 Å². The van der Waals surface area contributed by atoms with Crippen molar-refractivity contribution in [3.63, 3.8) is 0 Å². The van der Waals surface area contributed by atoms with Crippen LogP contribution in [0.4, 0.5) is 5.69 Å². The van der Waals surface area contributed by atoms with Crippen LogP contribution in [0.15, 0.2) is 36.4 Å². The molecule has 0 aliphatic rings. The molecule has 3 N–H and O–H groups in total. The van der Waals surface area contributed by atoms with Crippen LogP contribution < -0.4 is 5.32 Å². The number of hydrogen-bond acceptors (Lipinski definition) is 3. The number of anilines is 1. The third kappa shape index (κ3) is 3.45. The first-order valence-electron chi connectivity index (χ1n) is 5.72. The van der Waals surface area contributed by atoms with Gasteiger partial charge in [0.25, 0.3) is 5.91 Å². The number of rotatable bonds is 3. The number of carboxylic acid groups (broad SMARTS) is 1. The summed E-state index contributed by atoms with van der Waals surface area (Å²) < 4.78 is 0.684. The molecule has 0 saturated carbocycles. The number of carbonyl (C=O) groups excluding carboxylic acids is 1. The number of halogens is 2. The number of carboxylic acids is 1. The maximum Gasteiger partial charge on any atom is 0.339 e. The Morgan fingerprint density at radius 2 is 1.86 bits per heavy atom. The van der Waals surface area contributed by atoms with Crippen LogP contribution in [-0.4, -0.2) is 22.1 Å². The fraction of sp³-hybridized carbons (Fsp3) is 0. The Bertz CT molecular complexity index is 733. The van der Waals surface area contributed by atoms with E-state index in [1.54, 1.807) is 12.1 Å². The summed E-state index contributed by atoms with van der Waals surface area (Å²) in [5.41, 5.74) is 0.0764. The molecule has 2 rings (SSSR count). The van der Waals surface area contributed by atoms with Crippen molar-refractivity contribution in [1.29, 1.82) is 0 Å². The van der Waals surface area contributed by atoms with Gasteiger partial charge in [-0.1, -0.05) is 17.7 Å². The minimum absolute atomic E-state index is 0.0238. The SMILES string of the molecule is O=C(Nc1cccc(C(=O)O)c1O)c1cc(Cl)ccc1I. The fourth-order valence-corrected chi connectivity index (χ4v) is 2.43. The smallest absolute Gasteiger partial charge is 0.339 e. The van der Waals surface area contributed by atoms with Crippen LogP contribution in [0.5, 0.6) is 5.75 Å². The van der Waals surface area contributed by atoms with E-state index in [-0.39, 0.29) is 11.3 Å². The maximum atomic E-state index is 12.2. The second-order valence-corrected chi connectivity index (χ2v) is 5.68. The molecule has 0 saturated heterocycles. The Balaban J connectivity index is 2.34. The average Bonchev–Trinajstić information content (AvgIpc) is 2.43. The normalized spacial score (nSPS) is 10.2. The Hall–Kier alpha value is -1.80. The van der Waals surface area contributed by atoms with Crippen LogP contribution in [-0.2, 0) is 0 Å². The second-order valence-electron chi connectivity index (χ2n) is 4.09. The summed E-state index contributed by atoms with van der Waals surface area (Å²) in [6.45, 7) is 0. The molecule has 108 valence electrons. The van der Waals surface area contributed by atoms with Gasteiger partial charge in [0.05, 0.1) is 11.3 Å². The predicted octanol–water partition coefficient (Wildman–Crippen LogP) is 3.60. The van der Waals surface area contributed by atoms with Gasteiger partial charge >= 0.3 is 5.97 Å². The molecule has 1 amide bonds. The van der Waals surface area contributed by atoms with E-state index in [9.17, 15) is 14.7 Å². The Labute approximate surface area is 138 Å². The first kappa shape index (κ1) is 15.6. The average molecular weight is 418 g/mol. The van der Waals surface area contributed by atoms with Gasteiger partial charge in [-0.15, -0.1) is 0 Å². The number of hydrogen-bond donors (Lipinski definition) is 3. The summed E-state index contributed by atoms with van der Waals surface area (Å²) in [6.07, 6.45) is 0. The standard InChI is InChI=1S/C14H9ClINO4/c15-7-4-5-10(16)9(6-7)13(19)17-11-3-1-2-8(12(11)18)14(20)21/h1-6,18H,(H,17,19)(H,20,21). The zero-order valence-electron chi connectivity index (χ0n) is 10.4. The van der Waals surface area contributed by atoms with E-state index >= 15 is 0 Å². The topological polar surface area (TPSA) is 86.6 Å². The molecule has 2 aromatic rings. The minimum atomic E-state index is -1.28. The summed E-state index contributed by atoms with van der Waals surface area (Å²) in [5.74, 6) is -2.25. The first-order valence-corrected chi connectivity index (χ1v) is 7.17. The van der Waals surface area contributed by atoms with Crippen molar-refractivity contribution in [3.05, 3.63) is 56.1 Å². The molecular formula is C14H9ClINO4. The summed E-state index contributed by atoms with van der Waals surface area (Å²) in [5, 5.41) is 21.7. The molecule has 0 spiro atoms. The Morgan fingerprint density at radius 1 is 1.14 bits per heavy atom. The number of para-hydroxylation sites is 1. The zero-order valence-corrected chi connectivity index (χ0v) is 13.3. The summed E-state index contributed by atoms with van der Waals surface area (Å²) in [4.78, 5) is 23.1. The quantitative estimate of drug-likeness (QED) is 0.526. The van der Waals surface area contributed by atoms with Crippen molar-refractivity contribution < 1.29 is 19.8 Å². The van der Waals surface area contributed by atoms with Crippen LogP contribution in [0.3, 0.4) is 0 Å². The molecular weight excluding hydrogens is 409 g/mol. The number of carbonyl (C=O) groups is 2. The molecule has 0 bridgehead atoms. The maximum absolute atomic E-state index is 12.2. The lowest BCUT2D eigenvalue weighted by molar-refractivity contribution is 0.0693. The van der Waals surface area contributed by atoms with Gasteiger partial charge in [0.15, 0.2) is 5.75 Å². The van der Waals surface area contributed by atoms with E-state index in [1.807, 2.05) is 22.6 Å². The van der Waals surface area contributed by atoms with Gasteiger partial charge in [0.2, 0.25) is 0 Å². The van der Waals surface area contributed by atoms with E-state index in [0.717, 1.165) is 0 Å². The molecule has 0 radical (unpaired) electrons. The van der Waals surface area contributed by atoms with E-state index < -0.39 is 17.6 Å². The molecule has 21 heavy (non-hydrogen) atoms. The molecule has 7 heteroatoms. The lowest BCUT2D eigenvalue weighted by Crippen LogP contribution is -2.14. The van der Waals surface area contributed by atoms with E-state index in [1.165, 1.54) is 24.3 Å². The van der Waals surface area contributed by atoms with Gasteiger partial charge in [0, 0.05) is 8.59 Å². The van der Waals surface area contributed by atoms with Gasteiger partial charge in [0.1, 0.15) is 5.56 Å². The monoisotopic (exact) mass is 417 g/mol. The number of aromatic hydroxyl groups is 1. The number of amides is 1. The lowest BCUT2D eigenvalue weighted by atomic mass is 10.1. The molecule has 0 heterocycles. The first-order chi connectivity index (χ1) is 9.90. The van der Waals surface area contributed by atoms with Gasteiger partial charge in [-0.3, -0.25) is 4.79 Å². The highest BCUT2D eigenvalue weighted by molar-refractivity contribution is 14.1. The summed E-state index contributed by atoms with van der Waals surface area (Å²) in [6, 6.07) is 8.93. The summed E-state index contributed by atoms with van der Waals surface area (Å²) >= 11 is 7.84. The highest BCUT2D eigenvalue weighted by atomic mass is 127. The molecule has 0 atom stereocenters. The van der Waals surface area contributed by atoms with Crippen molar-refractivity contribution in [1.82, 2.24) is 0 Å². The largest absolute Gasteiger partial charge is 0.505 e. The second kappa shape index (κ2) is 6.31. The molecule has 0 fully saturated rings. The van der Waals surface area contributed by atoms with Crippen molar-refractivity contribution in [2.75, 3.05) is 5.32 Å². The molecule has 0 aliphatic carbocycles. The molecule has 5 nitrogen and oxygen atoms in total. The van der Waals surface area contributed by atoms with Crippen LogP contribution in [0.2, 0.25) is 5.02 Å². The van der Waals surface area contributed by atoms with Crippen LogP contribution in [0.25, 0.3) is 0 Å². The minimum Gasteiger partial charge on any atom is -0.505 e. The predicted molar refractivity (Wildman–Crippen MR) is 87.2 cm³/mol. The Morgan fingerprint density at radius 3 is 2.52 bits per heavy atom. The van der Waals surface area contributed by atoms with Gasteiger partial charge in [-0.2, -0.15) is 0 Å². The number of nitrogens with one attached hydrogen (secondary N) is 1. The van der Waals surface area contributed by atoms with Crippen LogP contribution in [0, 0.1) is 3.57 Å². The number of aromatic carboxylic acids is 1. The van der Waals surface area contributed by atoms with Crippen LogP contribution in [0.1, 0.15) is 20.7 Å². The van der Waals surface area contributed by atoms with Crippen LogP contribution >= 0.6 is 34.2 Å². The highest BCUT2D eigenvalue weighted by Crippen LogP contribution is 2.28. The lowest BCUT2D eigenvalue weighted by Gasteiger charge is -2.10. The van der Waals surface area contributed by atoms with Crippen molar-refractivity contribution >= 4 is 51.8 Å². The van der Waals surface area contributed by atoms with E-state index in [2.05, 4.69) is 5.32 Å². The molecule has 2 aromatic carbocycles. The van der Waals surface area contributed by atoms with Crippen molar-refractivity contribution in [2.45, 2.75) is 0 Å². The molecule has 0 unspecified atom stereocenters. The molecule has 0 aliphatic heterocycles. The van der Waals surface area contributed by atoms with E-state index in [0.29, 0.717) is 14.2 Å². The number of phenols is 1.